The van der Waals surface area contributed by atoms with Gasteiger partial charge in [-0.1, -0.05) is 35.5 Å². The predicted octanol–water partition coefficient (Wildman–Crippen LogP) is 4.30. The van der Waals surface area contributed by atoms with Gasteiger partial charge in [0.25, 0.3) is 0 Å². The molecule has 0 bridgehead atoms. The summed E-state index contributed by atoms with van der Waals surface area (Å²) in [5.41, 5.74) is 2.07. The molecule has 0 aliphatic carbocycles. The van der Waals surface area contributed by atoms with Crippen molar-refractivity contribution in [3.05, 3.63) is 72.7 Å². The van der Waals surface area contributed by atoms with Crippen LogP contribution in [0.2, 0.25) is 0 Å². The van der Waals surface area contributed by atoms with Gasteiger partial charge in [0.1, 0.15) is 12.3 Å². The fourth-order valence-corrected chi connectivity index (χ4v) is 3.25. The SMILES string of the molecule is CCOc1ccccc1OCc1cn(CCCn2ccc3ccccc32)nn1. The molecule has 0 amide bonds. The first-order valence-electron chi connectivity index (χ1n) is 9.61. The number of aryl methyl sites for hydroxylation is 2. The minimum atomic E-state index is 0.367. The zero-order valence-corrected chi connectivity index (χ0v) is 16.0. The van der Waals surface area contributed by atoms with Crippen LogP contribution in [-0.2, 0) is 19.7 Å². The summed E-state index contributed by atoms with van der Waals surface area (Å²) in [4.78, 5) is 0. The molecule has 2 heterocycles. The van der Waals surface area contributed by atoms with E-state index in [4.69, 9.17) is 9.47 Å². The van der Waals surface area contributed by atoms with Gasteiger partial charge in [0.05, 0.1) is 12.8 Å². The molecule has 4 rings (SSSR count). The van der Waals surface area contributed by atoms with Crippen LogP contribution in [-0.4, -0.2) is 26.2 Å². The van der Waals surface area contributed by atoms with E-state index >= 15 is 0 Å². The summed E-state index contributed by atoms with van der Waals surface area (Å²) < 4.78 is 15.6. The Labute approximate surface area is 164 Å². The van der Waals surface area contributed by atoms with Gasteiger partial charge in [0.15, 0.2) is 11.5 Å². The Morgan fingerprint density at radius 2 is 1.68 bits per heavy atom. The highest BCUT2D eigenvalue weighted by Crippen LogP contribution is 2.27. The van der Waals surface area contributed by atoms with Crippen molar-refractivity contribution in [3.8, 4) is 11.5 Å². The summed E-state index contributed by atoms with van der Waals surface area (Å²) >= 11 is 0. The van der Waals surface area contributed by atoms with E-state index in [9.17, 15) is 0 Å². The molecule has 0 saturated carbocycles. The maximum atomic E-state index is 5.86. The molecule has 0 saturated heterocycles. The number of hydrogen-bond donors (Lipinski definition) is 0. The van der Waals surface area contributed by atoms with Gasteiger partial charge < -0.3 is 14.0 Å². The van der Waals surface area contributed by atoms with Crippen molar-refractivity contribution < 1.29 is 9.47 Å². The number of benzene rings is 2. The zero-order chi connectivity index (χ0) is 19.2. The van der Waals surface area contributed by atoms with Crippen LogP contribution in [0.3, 0.4) is 0 Å². The van der Waals surface area contributed by atoms with Crippen LogP contribution in [0, 0.1) is 0 Å². The molecule has 6 nitrogen and oxygen atoms in total. The Morgan fingerprint density at radius 1 is 0.893 bits per heavy atom. The van der Waals surface area contributed by atoms with Crippen molar-refractivity contribution in [2.24, 2.45) is 0 Å². The summed E-state index contributed by atoms with van der Waals surface area (Å²) in [6.45, 7) is 4.69. The Bertz CT molecular complexity index is 1040. The second-order valence-electron chi connectivity index (χ2n) is 6.56. The molecule has 0 N–H and O–H groups in total. The third-order valence-corrected chi connectivity index (χ3v) is 4.58. The fourth-order valence-electron chi connectivity index (χ4n) is 3.25. The van der Waals surface area contributed by atoms with Gasteiger partial charge in [-0.15, -0.1) is 5.10 Å². The van der Waals surface area contributed by atoms with E-state index in [0.717, 1.165) is 36.7 Å². The molecule has 144 valence electrons. The Morgan fingerprint density at radius 3 is 2.54 bits per heavy atom. The second-order valence-corrected chi connectivity index (χ2v) is 6.56. The number of rotatable bonds is 9. The summed E-state index contributed by atoms with van der Waals surface area (Å²) in [7, 11) is 0. The first kappa shape index (κ1) is 18.1. The van der Waals surface area contributed by atoms with E-state index in [2.05, 4.69) is 51.4 Å². The lowest BCUT2D eigenvalue weighted by molar-refractivity contribution is 0.266. The van der Waals surface area contributed by atoms with Crippen LogP contribution in [0.15, 0.2) is 67.0 Å². The largest absolute Gasteiger partial charge is 0.490 e. The average Bonchev–Trinajstić information content (AvgIpc) is 3.35. The topological polar surface area (TPSA) is 54.1 Å². The minimum Gasteiger partial charge on any atom is -0.490 e. The quantitative estimate of drug-likeness (QED) is 0.437. The zero-order valence-electron chi connectivity index (χ0n) is 16.0. The Balaban J connectivity index is 1.30. The van der Waals surface area contributed by atoms with Crippen molar-refractivity contribution in [2.75, 3.05) is 6.61 Å². The van der Waals surface area contributed by atoms with Crippen molar-refractivity contribution in [2.45, 2.75) is 33.0 Å². The molecule has 2 aromatic heterocycles. The molecule has 6 heteroatoms. The normalized spacial score (nSPS) is 11.0. The lowest BCUT2D eigenvalue weighted by Crippen LogP contribution is -2.04. The standard InChI is InChI=1S/C22H24N4O2/c1-2-27-21-10-5-6-11-22(21)28-17-19-16-26(24-23-19)14-7-13-25-15-12-18-8-3-4-9-20(18)25/h3-6,8-12,15-16H,2,7,13-14,17H2,1H3. The maximum absolute atomic E-state index is 5.86. The Kier molecular flexibility index (Phi) is 5.56. The van der Waals surface area contributed by atoms with Gasteiger partial charge in [-0.2, -0.15) is 0 Å². The van der Waals surface area contributed by atoms with Gasteiger partial charge in [0.2, 0.25) is 0 Å². The fraction of sp³-hybridized carbons (Fsp3) is 0.273. The van der Waals surface area contributed by atoms with Crippen LogP contribution in [0.1, 0.15) is 19.0 Å². The monoisotopic (exact) mass is 376 g/mol. The van der Waals surface area contributed by atoms with Crippen LogP contribution in [0.4, 0.5) is 0 Å². The van der Waals surface area contributed by atoms with E-state index in [1.165, 1.54) is 10.9 Å². The highest BCUT2D eigenvalue weighted by atomic mass is 16.5. The van der Waals surface area contributed by atoms with E-state index < -0.39 is 0 Å². The van der Waals surface area contributed by atoms with E-state index in [0.29, 0.717) is 13.2 Å². The van der Waals surface area contributed by atoms with Gasteiger partial charge >= 0.3 is 0 Å². The van der Waals surface area contributed by atoms with Crippen LogP contribution < -0.4 is 9.47 Å². The van der Waals surface area contributed by atoms with Crippen molar-refractivity contribution >= 4 is 10.9 Å². The summed E-state index contributed by atoms with van der Waals surface area (Å²) in [5.74, 6) is 1.47. The smallest absolute Gasteiger partial charge is 0.161 e. The summed E-state index contributed by atoms with van der Waals surface area (Å²) in [5, 5.41) is 9.70. The van der Waals surface area contributed by atoms with Crippen molar-refractivity contribution in [3.63, 3.8) is 0 Å². The highest BCUT2D eigenvalue weighted by molar-refractivity contribution is 5.79. The number of fused-ring (bicyclic) bond motifs is 1. The van der Waals surface area contributed by atoms with E-state index in [1.807, 2.05) is 42.1 Å². The first-order chi connectivity index (χ1) is 13.8. The number of ether oxygens (including phenoxy) is 2. The van der Waals surface area contributed by atoms with Crippen molar-refractivity contribution in [1.29, 1.82) is 0 Å². The van der Waals surface area contributed by atoms with Gasteiger partial charge in [0, 0.05) is 24.8 Å². The summed E-state index contributed by atoms with van der Waals surface area (Å²) in [6, 6.07) is 18.3. The predicted molar refractivity (Wildman–Crippen MR) is 109 cm³/mol. The lowest BCUT2D eigenvalue weighted by Gasteiger charge is -2.10. The van der Waals surface area contributed by atoms with E-state index in [-0.39, 0.29) is 0 Å². The molecule has 0 fully saturated rings. The number of hydrogen-bond acceptors (Lipinski definition) is 4. The average molecular weight is 376 g/mol. The molecular weight excluding hydrogens is 352 g/mol. The Hall–Kier alpha value is -3.28. The summed E-state index contributed by atoms with van der Waals surface area (Å²) in [6.07, 6.45) is 5.06. The van der Waals surface area contributed by atoms with E-state index in [1.54, 1.807) is 0 Å². The molecule has 28 heavy (non-hydrogen) atoms. The molecule has 0 atom stereocenters. The van der Waals surface area contributed by atoms with Crippen molar-refractivity contribution in [1.82, 2.24) is 19.6 Å². The minimum absolute atomic E-state index is 0.367. The van der Waals surface area contributed by atoms with Crippen LogP contribution in [0.5, 0.6) is 11.5 Å². The van der Waals surface area contributed by atoms with Gasteiger partial charge in [-0.05, 0) is 43.0 Å². The molecule has 0 unspecified atom stereocenters. The number of nitrogens with zero attached hydrogens (tertiary/aromatic N) is 4. The molecule has 0 spiro atoms. The lowest BCUT2D eigenvalue weighted by atomic mass is 10.2. The highest BCUT2D eigenvalue weighted by Gasteiger charge is 2.07. The molecule has 0 radical (unpaired) electrons. The second kappa shape index (κ2) is 8.61. The van der Waals surface area contributed by atoms with Gasteiger partial charge in [-0.25, -0.2) is 0 Å². The molecule has 2 aromatic carbocycles. The number of aromatic nitrogens is 4. The maximum Gasteiger partial charge on any atom is 0.161 e. The van der Waals surface area contributed by atoms with Crippen LogP contribution in [0.25, 0.3) is 10.9 Å². The first-order valence-corrected chi connectivity index (χ1v) is 9.61. The van der Waals surface area contributed by atoms with Gasteiger partial charge in [-0.3, -0.25) is 4.68 Å². The molecular formula is C22H24N4O2. The molecule has 0 aliphatic rings. The number of para-hydroxylation sites is 3. The molecule has 4 aromatic rings. The van der Waals surface area contributed by atoms with Crippen LogP contribution >= 0.6 is 0 Å². The third kappa shape index (κ3) is 4.17. The molecule has 0 aliphatic heterocycles. The third-order valence-electron chi connectivity index (χ3n) is 4.58.